The summed E-state index contributed by atoms with van der Waals surface area (Å²) in [5, 5.41) is 25.9. The fourth-order valence-electron chi connectivity index (χ4n) is 4.82. The smallest absolute Gasteiger partial charge is 0.311 e. The van der Waals surface area contributed by atoms with Gasteiger partial charge in [0.1, 0.15) is 24.5 Å². The Balaban J connectivity index is 1.40. The fraction of sp³-hybridized carbons (Fsp3) is 0.290. The first-order chi connectivity index (χ1) is 19.8. The monoisotopic (exact) mass is 571 g/mol. The van der Waals surface area contributed by atoms with Crippen molar-refractivity contribution in [3.05, 3.63) is 92.6 Å². The third-order valence-electron chi connectivity index (χ3n) is 7.25. The van der Waals surface area contributed by atoms with E-state index in [-0.39, 0.29) is 23.1 Å². The van der Waals surface area contributed by atoms with E-state index in [1.54, 1.807) is 24.3 Å². The lowest BCUT2D eigenvalue weighted by molar-refractivity contribution is -0.386. The number of aryl methyl sites for hydroxylation is 1. The molecule has 9 nitrogen and oxygen atoms in total. The third-order valence-corrected chi connectivity index (χ3v) is 7.55. The zero-order chi connectivity index (χ0) is 28.9. The molecule has 210 valence electrons. The number of ether oxygens (including phenoxy) is 2. The molecule has 1 fully saturated rings. The minimum Gasteiger partial charge on any atom is -0.487 e. The highest BCUT2D eigenvalue weighted by Crippen LogP contribution is 2.39. The first kappa shape index (κ1) is 28.1. The van der Waals surface area contributed by atoms with E-state index in [0.29, 0.717) is 39.7 Å². The minimum atomic E-state index is -0.467. The van der Waals surface area contributed by atoms with Crippen LogP contribution in [0.4, 0.5) is 17.1 Å². The Labute approximate surface area is 243 Å². The van der Waals surface area contributed by atoms with Crippen LogP contribution in [-0.2, 0) is 13.0 Å². The molecule has 1 aliphatic rings. The van der Waals surface area contributed by atoms with Crippen LogP contribution in [0.15, 0.2) is 60.8 Å². The van der Waals surface area contributed by atoms with Gasteiger partial charge in [0.15, 0.2) is 5.75 Å². The van der Waals surface area contributed by atoms with Gasteiger partial charge in [-0.1, -0.05) is 42.8 Å². The lowest BCUT2D eigenvalue weighted by Gasteiger charge is -2.29. The van der Waals surface area contributed by atoms with E-state index in [1.165, 1.54) is 17.8 Å². The maximum atomic E-state index is 12.0. The second kappa shape index (κ2) is 12.4. The predicted molar refractivity (Wildman–Crippen MR) is 159 cm³/mol. The summed E-state index contributed by atoms with van der Waals surface area (Å²) in [5.41, 5.74) is 3.81. The van der Waals surface area contributed by atoms with Crippen LogP contribution in [0, 0.1) is 21.4 Å². The molecule has 0 saturated carbocycles. The fourth-order valence-corrected chi connectivity index (χ4v) is 5.05. The number of likely N-dealkylation sites (tertiary alicyclic amines) is 1. The summed E-state index contributed by atoms with van der Waals surface area (Å²) in [6.07, 6.45) is 3.87. The number of nitro groups is 1. The molecule has 1 aliphatic heterocycles. The third kappa shape index (κ3) is 6.51. The molecule has 2 heterocycles. The summed E-state index contributed by atoms with van der Waals surface area (Å²) >= 11 is 6.54. The largest absolute Gasteiger partial charge is 0.487 e. The summed E-state index contributed by atoms with van der Waals surface area (Å²) in [6.45, 7) is 4.21. The van der Waals surface area contributed by atoms with Gasteiger partial charge in [-0.2, -0.15) is 5.26 Å². The number of hydrogen-bond donors (Lipinski definition) is 1. The molecule has 1 saturated heterocycles. The Hall–Kier alpha value is -4.39. The number of nitrogens with zero attached hydrogens (tertiary/aromatic N) is 4. The molecule has 41 heavy (non-hydrogen) atoms. The van der Waals surface area contributed by atoms with E-state index in [4.69, 9.17) is 21.1 Å². The molecule has 0 aliphatic carbocycles. The Kier molecular flexibility index (Phi) is 8.53. The van der Waals surface area contributed by atoms with Crippen LogP contribution in [0.2, 0.25) is 5.02 Å². The lowest BCUT2D eigenvalue weighted by atomic mass is 10.1. The van der Waals surface area contributed by atoms with E-state index >= 15 is 0 Å². The van der Waals surface area contributed by atoms with Crippen molar-refractivity contribution < 1.29 is 14.4 Å². The van der Waals surface area contributed by atoms with Crippen molar-refractivity contribution in [1.82, 2.24) is 9.88 Å². The number of aromatic nitrogens is 1. The van der Waals surface area contributed by atoms with Crippen molar-refractivity contribution in [3.63, 3.8) is 0 Å². The number of nitrogens with one attached hydrogen (secondary N) is 1. The molecule has 0 radical (unpaired) electrons. The van der Waals surface area contributed by atoms with Crippen LogP contribution in [0.1, 0.15) is 36.5 Å². The highest BCUT2D eigenvalue weighted by molar-refractivity contribution is 6.32. The minimum absolute atomic E-state index is 0.114. The Morgan fingerprint density at radius 2 is 1.85 bits per heavy atom. The second-order valence-corrected chi connectivity index (χ2v) is 10.5. The molecule has 10 heteroatoms. The Morgan fingerprint density at radius 3 is 2.51 bits per heavy atom. The summed E-state index contributed by atoms with van der Waals surface area (Å²) in [7, 11) is 2.04. The zero-order valence-electron chi connectivity index (χ0n) is 22.9. The number of anilines is 2. The quantitative estimate of drug-likeness (QED) is 0.168. The molecule has 3 aromatic carbocycles. The van der Waals surface area contributed by atoms with Gasteiger partial charge < -0.3 is 19.7 Å². The average molecular weight is 572 g/mol. The maximum Gasteiger partial charge on any atom is 0.311 e. The van der Waals surface area contributed by atoms with Crippen LogP contribution in [0.3, 0.4) is 0 Å². The van der Waals surface area contributed by atoms with E-state index < -0.39 is 4.92 Å². The summed E-state index contributed by atoms with van der Waals surface area (Å²) in [6, 6.07) is 18.6. The molecule has 1 aromatic heterocycles. The number of benzene rings is 3. The zero-order valence-corrected chi connectivity index (χ0v) is 23.6. The number of pyridine rings is 1. The molecular weight excluding hydrogens is 542 g/mol. The topological polar surface area (TPSA) is 114 Å². The van der Waals surface area contributed by atoms with Crippen molar-refractivity contribution in [2.45, 2.75) is 38.9 Å². The second-order valence-electron chi connectivity index (χ2n) is 10.1. The van der Waals surface area contributed by atoms with Gasteiger partial charge in [-0.3, -0.25) is 15.1 Å². The summed E-state index contributed by atoms with van der Waals surface area (Å²) < 4.78 is 12.0. The summed E-state index contributed by atoms with van der Waals surface area (Å²) in [5.74, 6) is 0.692. The van der Waals surface area contributed by atoms with Crippen molar-refractivity contribution in [2.75, 3.05) is 25.5 Å². The first-order valence-electron chi connectivity index (χ1n) is 13.5. The van der Waals surface area contributed by atoms with Gasteiger partial charge in [0.2, 0.25) is 0 Å². The van der Waals surface area contributed by atoms with Crippen LogP contribution in [0.25, 0.3) is 10.9 Å². The Morgan fingerprint density at radius 1 is 1.12 bits per heavy atom. The molecule has 0 amide bonds. The number of nitriles is 1. The van der Waals surface area contributed by atoms with Gasteiger partial charge in [0.25, 0.3) is 0 Å². The van der Waals surface area contributed by atoms with Gasteiger partial charge in [0, 0.05) is 42.5 Å². The van der Waals surface area contributed by atoms with Gasteiger partial charge in [-0.25, -0.2) is 0 Å². The lowest BCUT2D eigenvalue weighted by Crippen LogP contribution is -2.35. The number of piperidine rings is 1. The number of hydrogen-bond acceptors (Lipinski definition) is 8. The molecule has 4 aromatic rings. The number of nitro benzene ring substituents is 1. The molecule has 0 spiro atoms. The number of rotatable bonds is 9. The van der Waals surface area contributed by atoms with Crippen molar-refractivity contribution in [2.24, 2.45) is 0 Å². The van der Waals surface area contributed by atoms with Crippen LogP contribution in [-0.4, -0.2) is 41.0 Å². The van der Waals surface area contributed by atoms with Gasteiger partial charge >= 0.3 is 5.69 Å². The van der Waals surface area contributed by atoms with Crippen molar-refractivity contribution >= 4 is 39.6 Å². The van der Waals surface area contributed by atoms with Gasteiger partial charge in [-0.15, -0.1) is 0 Å². The van der Waals surface area contributed by atoms with Crippen molar-refractivity contribution in [1.29, 1.82) is 5.26 Å². The van der Waals surface area contributed by atoms with Crippen LogP contribution < -0.4 is 14.8 Å². The SMILES string of the molecule is CCc1ccc(COc2ccc(Nc3c(C#N)cnc4cc(OC5CCN(C)CC5)c([N+](=O)[O-])cc34)cc2Cl)cc1. The molecule has 1 N–H and O–H groups in total. The maximum absolute atomic E-state index is 12.0. The molecule has 0 bridgehead atoms. The number of fused-ring (bicyclic) bond motifs is 1. The Bertz CT molecular complexity index is 1610. The van der Waals surface area contributed by atoms with E-state index in [1.807, 2.05) is 19.2 Å². The highest BCUT2D eigenvalue weighted by atomic mass is 35.5. The summed E-state index contributed by atoms with van der Waals surface area (Å²) in [4.78, 5) is 18.2. The van der Waals surface area contributed by atoms with E-state index in [0.717, 1.165) is 37.9 Å². The molecular formula is C31H30ClN5O4. The molecule has 5 rings (SSSR count). The van der Waals surface area contributed by atoms with Gasteiger partial charge in [0.05, 0.1) is 26.7 Å². The average Bonchev–Trinajstić information content (AvgIpc) is 2.98. The first-order valence-corrected chi connectivity index (χ1v) is 13.9. The van der Waals surface area contributed by atoms with E-state index in [2.05, 4.69) is 40.3 Å². The molecule has 0 unspecified atom stereocenters. The molecule has 0 atom stereocenters. The van der Waals surface area contributed by atoms with Crippen molar-refractivity contribution in [3.8, 4) is 17.6 Å². The number of halogens is 1. The highest BCUT2D eigenvalue weighted by Gasteiger charge is 2.25. The standard InChI is InChI=1S/C31H30ClN5O4/c1-3-20-4-6-21(7-5-20)19-40-29-9-8-23(14-26(29)32)35-31-22(17-33)18-34-27-16-30(28(37(38)39)15-25(27)31)41-24-10-12-36(2)13-11-24/h4-9,14-16,18,24H,3,10-13,19H2,1-2H3,(H,34,35). The van der Waals surface area contributed by atoms with Crippen LogP contribution >= 0.6 is 11.6 Å². The normalized spacial score (nSPS) is 14.0. The van der Waals surface area contributed by atoms with Crippen LogP contribution in [0.5, 0.6) is 11.5 Å². The van der Waals surface area contributed by atoms with Gasteiger partial charge in [-0.05, 0) is 55.6 Å². The van der Waals surface area contributed by atoms with E-state index in [9.17, 15) is 15.4 Å². The predicted octanol–water partition coefficient (Wildman–Crippen LogP) is 7.03.